The number of piperidine rings is 1. The summed E-state index contributed by atoms with van der Waals surface area (Å²) in [5.74, 6) is 1.34. The van der Waals surface area contributed by atoms with Crippen LogP contribution < -0.4 is 4.74 Å². The molecule has 1 amide bonds. The third-order valence-corrected chi connectivity index (χ3v) is 3.80. The van der Waals surface area contributed by atoms with E-state index in [0.29, 0.717) is 5.88 Å². The summed E-state index contributed by atoms with van der Waals surface area (Å²) in [4.78, 5) is 17.5. The molecule has 1 aromatic heterocycles. The Morgan fingerprint density at radius 1 is 1.14 bits per heavy atom. The number of likely N-dealkylation sites (tertiary alicyclic amines) is 1. The maximum Gasteiger partial charge on any atom is 0.224 e. The molecule has 1 aliphatic rings. The van der Waals surface area contributed by atoms with Crippen LogP contribution in [0, 0.1) is 0 Å². The minimum absolute atomic E-state index is 0.0589. The van der Waals surface area contributed by atoms with Crippen molar-refractivity contribution in [3.8, 4) is 11.6 Å². The fourth-order valence-electron chi connectivity index (χ4n) is 2.76. The summed E-state index contributed by atoms with van der Waals surface area (Å²) in [5.41, 5.74) is 0.980. The molecule has 1 fully saturated rings. The first kappa shape index (κ1) is 13.6. The molecule has 0 aliphatic carbocycles. The first-order valence-corrected chi connectivity index (χ1v) is 7.27. The lowest BCUT2D eigenvalue weighted by Gasteiger charge is -2.33. The number of nitrogens with zero attached hydrogens (tertiary/aromatic N) is 2. The topological polar surface area (TPSA) is 42.4 Å². The lowest BCUT2D eigenvalue weighted by Crippen LogP contribution is -2.32. The minimum atomic E-state index is 0.0589. The third kappa shape index (κ3) is 3.05. The van der Waals surface area contributed by atoms with Crippen molar-refractivity contribution in [3.05, 3.63) is 54.2 Å². The Morgan fingerprint density at radius 2 is 2.00 bits per heavy atom. The predicted molar refractivity (Wildman–Crippen MR) is 80.1 cm³/mol. The molecular formula is C17H18N2O2. The van der Waals surface area contributed by atoms with Gasteiger partial charge >= 0.3 is 0 Å². The van der Waals surface area contributed by atoms with Gasteiger partial charge in [0.25, 0.3) is 0 Å². The van der Waals surface area contributed by atoms with E-state index in [2.05, 4.69) is 4.98 Å². The number of carbonyl (C=O) groups excluding carboxylic acids is 1. The highest BCUT2D eigenvalue weighted by molar-refractivity contribution is 5.50. The Hall–Kier alpha value is -2.36. The van der Waals surface area contributed by atoms with Crippen LogP contribution in [0.4, 0.5) is 0 Å². The summed E-state index contributed by atoms with van der Waals surface area (Å²) in [6.45, 7) is 0.799. The molecule has 2 aromatic rings. The molecule has 1 aromatic carbocycles. The van der Waals surface area contributed by atoms with Crippen molar-refractivity contribution in [1.82, 2.24) is 9.88 Å². The van der Waals surface area contributed by atoms with Crippen molar-refractivity contribution in [2.75, 3.05) is 6.54 Å². The third-order valence-electron chi connectivity index (χ3n) is 3.80. The van der Waals surface area contributed by atoms with E-state index in [9.17, 15) is 4.79 Å². The molecule has 21 heavy (non-hydrogen) atoms. The Bertz CT molecular complexity index is 601. The molecule has 1 saturated heterocycles. The first-order chi connectivity index (χ1) is 10.4. The highest BCUT2D eigenvalue weighted by atomic mass is 16.5. The van der Waals surface area contributed by atoms with Crippen LogP contribution in [-0.2, 0) is 4.79 Å². The summed E-state index contributed by atoms with van der Waals surface area (Å²) < 4.78 is 5.90. The number of pyridine rings is 1. The Labute approximate surface area is 124 Å². The van der Waals surface area contributed by atoms with Gasteiger partial charge in [-0.1, -0.05) is 24.3 Å². The molecule has 0 saturated carbocycles. The molecule has 108 valence electrons. The Morgan fingerprint density at radius 3 is 2.81 bits per heavy atom. The van der Waals surface area contributed by atoms with Gasteiger partial charge in [-0.3, -0.25) is 4.79 Å². The smallest absolute Gasteiger partial charge is 0.224 e. The summed E-state index contributed by atoms with van der Waals surface area (Å²) in [6, 6.07) is 13.5. The average Bonchev–Trinajstić information content (AvgIpc) is 2.56. The predicted octanol–water partition coefficient (Wildman–Crippen LogP) is 3.56. The Kier molecular flexibility index (Phi) is 4.15. The van der Waals surface area contributed by atoms with Crippen LogP contribution in [0.1, 0.15) is 30.9 Å². The molecule has 3 rings (SSSR count). The van der Waals surface area contributed by atoms with Gasteiger partial charge in [0.2, 0.25) is 12.3 Å². The lowest BCUT2D eigenvalue weighted by atomic mass is 9.96. The van der Waals surface area contributed by atoms with Gasteiger partial charge in [0.05, 0.1) is 6.04 Å². The second-order valence-corrected chi connectivity index (χ2v) is 5.17. The largest absolute Gasteiger partial charge is 0.439 e. The van der Waals surface area contributed by atoms with Crippen LogP contribution in [-0.4, -0.2) is 22.8 Å². The number of ether oxygens (including phenoxy) is 1. The fourth-order valence-corrected chi connectivity index (χ4v) is 2.76. The molecule has 0 unspecified atom stereocenters. The standard InChI is InChI=1S/C17H18N2O2/c20-13-19-12-5-4-10-16(19)15-9-6-11-18-17(15)21-14-7-2-1-3-8-14/h1-3,6-9,11,13,16H,4-5,10,12H2/t16-/m1/s1. The number of carbonyl (C=O) groups is 1. The van der Waals surface area contributed by atoms with Gasteiger partial charge in [0, 0.05) is 18.3 Å². The molecule has 1 atom stereocenters. The molecule has 4 nitrogen and oxygen atoms in total. The average molecular weight is 282 g/mol. The van der Waals surface area contributed by atoms with Gasteiger partial charge in [-0.15, -0.1) is 0 Å². The van der Waals surface area contributed by atoms with Crippen molar-refractivity contribution >= 4 is 6.41 Å². The fraction of sp³-hybridized carbons (Fsp3) is 0.294. The second kappa shape index (κ2) is 6.39. The normalized spacial score (nSPS) is 18.3. The zero-order valence-electron chi connectivity index (χ0n) is 11.8. The van der Waals surface area contributed by atoms with Crippen LogP contribution in [0.3, 0.4) is 0 Å². The van der Waals surface area contributed by atoms with Crippen LogP contribution in [0.2, 0.25) is 0 Å². The summed E-state index contributed by atoms with van der Waals surface area (Å²) in [7, 11) is 0. The summed E-state index contributed by atoms with van der Waals surface area (Å²) in [6.07, 6.45) is 5.79. The van der Waals surface area contributed by atoms with E-state index in [1.165, 1.54) is 0 Å². The maximum atomic E-state index is 11.3. The van der Waals surface area contributed by atoms with Crippen molar-refractivity contribution in [2.45, 2.75) is 25.3 Å². The first-order valence-electron chi connectivity index (χ1n) is 7.27. The molecular weight excluding hydrogens is 264 g/mol. The van der Waals surface area contributed by atoms with Gasteiger partial charge in [0.1, 0.15) is 5.75 Å². The van der Waals surface area contributed by atoms with Crippen LogP contribution in [0.15, 0.2) is 48.7 Å². The van der Waals surface area contributed by atoms with Crippen LogP contribution in [0.5, 0.6) is 11.6 Å². The molecule has 2 heterocycles. The van der Waals surface area contributed by atoms with Gasteiger partial charge < -0.3 is 9.64 Å². The molecule has 4 heteroatoms. The van der Waals surface area contributed by atoms with Crippen molar-refractivity contribution in [2.24, 2.45) is 0 Å². The molecule has 0 spiro atoms. The van der Waals surface area contributed by atoms with E-state index in [1.807, 2.05) is 47.4 Å². The van der Waals surface area contributed by atoms with E-state index < -0.39 is 0 Å². The van der Waals surface area contributed by atoms with E-state index in [1.54, 1.807) is 6.20 Å². The SMILES string of the molecule is O=CN1CCCC[C@@H]1c1cccnc1Oc1ccccc1. The van der Waals surface area contributed by atoms with Crippen molar-refractivity contribution in [3.63, 3.8) is 0 Å². The van der Waals surface area contributed by atoms with Gasteiger partial charge in [-0.2, -0.15) is 0 Å². The van der Waals surface area contributed by atoms with Crippen molar-refractivity contribution in [1.29, 1.82) is 0 Å². The number of hydrogen-bond acceptors (Lipinski definition) is 3. The number of rotatable bonds is 4. The van der Waals surface area contributed by atoms with E-state index in [0.717, 1.165) is 43.5 Å². The summed E-state index contributed by atoms with van der Waals surface area (Å²) >= 11 is 0. The maximum absolute atomic E-state index is 11.3. The zero-order chi connectivity index (χ0) is 14.5. The van der Waals surface area contributed by atoms with Gasteiger partial charge in [-0.25, -0.2) is 4.98 Å². The number of benzene rings is 1. The highest BCUT2D eigenvalue weighted by Gasteiger charge is 2.26. The van der Waals surface area contributed by atoms with Gasteiger partial charge in [-0.05, 0) is 37.5 Å². The monoisotopic (exact) mass is 282 g/mol. The number of aromatic nitrogens is 1. The van der Waals surface area contributed by atoms with Gasteiger partial charge in [0.15, 0.2) is 0 Å². The number of hydrogen-bond donors (Lipinski definition) is 0. The molecule has 0 radical (unpaired) electrons. The second-order valence-electron chi connectivity index (χ2n) is 5.17. The van der Waals surface area contributed by atoms with Crippen molar-refractivity contribution < 1.29 is 9.53 Å². The summed E-state index contributed by atoms with van der Waals surface area (Å²) in [5, 5.41) is 0. The van der Waals surface area contributed by atoms with E-state index >= 15 is 0 Å². The number of amides is 1. The van der Waals surface area contributed by atoms with E-state index in [-0.39, 0.29) is 6.04 Å². The Balaban J connectivity index is 1.90. The molecule has 0 bridgehead atoms. The van der Waals surface area contributed by atoms with E-state index in [4.69, 9.17) is 4.74 Å². The quantitative estimate of drug-likeness (QED) is 0.805. The zero-order valence-corrected chi connectivity index (χ0v) is 11.8. The number of para-hydroxylation sites is 1. The minimum Gasteiger partial charge on any atom is -0.439 e. The lowest BCUT2D eigenvalue weighted by molar-refractivity contribution is -0.121. The molecule has 1 aliphatic heterocycles. The van der Waals surface area contributed by atoms with Crippen LogP contribution in [0.25, 0.3) is 0 Å². The highest BCUT2D eigenvalue weighted by Crippen LogP contribution is 2.35. The van der Waals surface area contributed by atoms with Crippen LogP contribution >= 0.6 is 0 Å². The molecule has 0 N–H and O–H groups in total.